The lowest BCUT2D eigenvalue weighted by Crippen LogP contribution is -3.16. The highest BCUT2D eigenvalue weighted by molar-refractivity contribution is 5.95. The summed E-state index contributed by atoms with van der Waals surface area (Å²) >= 11 is 0. The molecule has 1 aliphatic carbocycles. The first-order valence-corrected chi connectivity index (χ1v) is 9.54. The van der Waals surface area contributed by atoms with Gasteiger partial charge in [0.1, 0.15) is 18.0 Å². The third-order valence-electron chi connectivity index (χ3n) is 5.27. The van der Waals surface area contributed by atoms with Gasteiger partial charge < -0.3 is 19.7 Å². The first kappa shape index (κ1) is 20.6. The van der Waals surface area contributed by atoms with Crippen LogP contribution >= 0.6 is 0 Å². The molecule has 1 aliphatic rings. The maximum atomic E-state index is 12.9. The molecular formula is C21H26N3O5+. The van der Waals surface area contributed by atoms with Crippen LogP contribution in [0.3, 0.4) is 0 Å². The van der Waals surface area contributed by atoms with E-state index in [9.17, 15) is 14.9 Å². The topological polar surface area (TPSA) is 95.1 Å². The van der Waals surface area contributed by atoms with E-state index in [0.29, 0.717) is 17.5 Å². The van der Waals surface area contributed by atoms with E-state index in [2.05, 4.69) is 5.32 Å². The van der Waals surface area contributed by atoms with Crippen molar-refractivity contribution in [3.05, 3.63) is 58.1 Å². The molecule has 2 aromatic rings. The van der Waals surface area contributed by atoms with Crippen LogP contribution in [0.1, 0.15) is 25.3 Å². The van der Waals surface area contributed by atoms with Gasteiger partial charge in [-0.05, 0) is 37.3 Å². The number of benzene rings is 2. The average molecular weight is 400 g/mol. The number of carbonyl (C=O) groups is 1. The van der Waals surface area contributed by atoms with Crippen LogP contribution in [-0.2, 0) is 11.3 Å². The molecule has 0 aliphatic heterocycles. The quantitative estimate of drug-likeness (QED) is 0.497. The molecule has 0 radical (unpaired) electrons. The summed E-state index contributed by atoms with van der Waals surface area (Å²) in [6.07, 6.45) is 2.17. The zero-order valence-electron chi connectivity index (χ0n) is 16.8. The van der Waals surface area contributed by atoms with E-state index in [-0.39, 0.29) is 17.6 Å². The largest absolute Gasteiger partial charge is 0.497 e. The number of anilines is 1. The minimum atomic E-state index is -0.496. The maximum Gasteiger partial charge on any atom is 0.282 e. The zero-order valence-corrected chi connectivity index (χ0v) is 16.8. The average Bonchev–Trinajstić information content (AvgIpc) is 3.57. The van der Waals surface area contributed by atoms with Gasteiger partial charge in [-0.15, -0.1) is 0 Å². The maximum absolute atomic E-state index is 12.9. The number of nitrogens with one attached hydrogen (secondary N) is 2. The number of nitro groups is 1. The minimum absolute atomic E-state index is 0.0987. The number of non-ortho nitro benzene ring substituents is 1. The van der Waals surface area contributed by atoms with E-state index in [1.54, 1.807) is 7.11 Å². The van der Waals surface area contributed by atoms with Crippen LogP contribution in [-0.4, -0.2) is 37.1 Å². The van der Waals surface area contributed by atoms with Crippen LogP contribution in [0.5, 0.6) is 11.5 Å². The molecule has 154 valence electrons. The fourth-order valence-corrected chi connectivity index (χ4v) is 3.40. The van der Waals surface area contributed by atoms with Crippen molar-refractivity contribution in [3.63, 3.8) is 0 Å². The summed E-state index contributed by atoms with van der Waals surface area (Å²) in [7, 11) is 3.09. The Bertz CT molecular complexity index is 880. The van der Waals surface area contributed by atoms with Crippen molar-refractivity contribution in [1.82, 2.24) is 0 Å². The van der Waals surface area contributed by atoms with Gasteiger partial charge in [-0.2, -0.15) is 0 Å². The van der Waals surface area contributed by atoms with Crippen molar-refractivity contribution in [2.45, 2.75) is 38.4 Å². The van der Waals surface area contributed by atoms with Crippen molar-refractivity contribution in [3.8, 4) is 11.5 Å². The molecule has 0 spiro atoms. The molecule has 29 heavy (non-hydrogen) atoms. The Morgan fingerprint density at radius 1 is 1.21 bits per heavy atom. The number of quaternary nitrogens is 1. The van der Waals surface area contributed by atoms with Gasteiger partial charge in [-0.1, -0.05) is 0 Å². The Labute approximate surface area is 169 Å². The molecule has 1 fully saturated rings. The van der Waals surface area contributed by atoms with Crippen LogP contribution in [0.2, 0.25) is 0 Å². The smallest absolute Gasteiger partial charge is 0.282 e. The van der Waals surface area contributed by atoms with E-state index in [0.717, 1.165) is 30.7 Å². The van der Waals surface area contributed by atoms with Crippen molar-refractivity contribution >= 4 is 17.3 Å². The van der Waals surface area contributed by atoms with Gasteiger partial charge in [-0.3, -0.25) is 14.9 Å². The molecule has 0 bridgehead atoms. The highest BCUT2D eigenvalue weighted by Gasteiger charge is 2.39. The van der Waals surface area contributed by atoms with Gasteiger partial charge in [-0.25, -0.2) is 0 Å². The standard InChI is InChI=1S/C21H25N3O5/c1-14(21(25)22-19-12-17(24(26)27)8-11-20(19)29-3)23(16-6-7-16)13-15-4-9-18(28-2)10-5-15/h4-5,8-12,14,16H,6-7,13H2,1-3H3,(H,22,25)/p+1/t14-/m1/s1. The van der Waals surface area contributed by atoms with E-state index < -0.39 is 4.92 Å². The van der Waals surface area contributed by atoms with E-state index in [1.165, 1.54) is 30.2 Å². The molecular weight excluding hydrogens is 374 g/mol. The Morgan fingerprint density at radius 2 is 1.90 bits per heavy atom. The van der Waals surface area contributed by atoms with E-state index in [4.69, 9.17) is 9.47 Å². The molecule has 3 rings (SSSR count). The molecule has 1 amide bonds. The summed E-state index contributed by atoms with van der Waals surface area (Å²) in [5, 5.41) is 13.9. The number of ether oxygens (including phenoxy) is 2. The Morgan fingerprint density at radius 3 is 2.45 bits per heavy atom. The second-order valence-corrected chi connectivity index (χ2v) is 7.23. The molecule has 1 unspecified atom stereocenters. The van der Waals surface area contributed by atoms with Gasteiger partial charge in [0.05, 0.1) is 30.9 Å². The fourth-order valence-electron chi connectivity index (χ4n) is 3.40. The van der Waals surface area contributed by atoms with Crippen molar-refractivity contribution in [1.29, 1.82) is 0 Å². The highest BCUT2D eigenvalue weighted by Crippen LogP contribution is 2.29. The lowest BCUT2D eigenvalue weighted by molar-refractivity contribution is -0.938. The van der Waals surface area contributed by atoms with Crippen LogP contribution in [0.15, 0.2) is 42.5 Å². The minimum Gasteiger partial charge on any atom is -0.497 e. The van der Waals surface area contributed by atoms with Crippen molar-refractivity contribution < 1.29 is 24.1 Å². The lowest BCUT2D eigenvalue weighted by Gasteiger charge is -2.25. The number of methoxy groups -OCH3 is 2. The van der Waals surface area contributed by atoms with Crippen LogP contribution < -0.4 is 19.7 Å². The summed E-state index contributed by atoms with van der Waals surface area (Å²) in [6.45, 7) is 2.60. The second kappa shape index (κ2) is 8.91. The number of carbonyl (C=O) groups excluding carboxylic acids is 1. The van der Waals surface area contributed by atoms with Gasteiger partial charge in [0, 0.05) is 30.5 Å². The fraction of sp³-hybridized carbons (Fsp3) is 0.381. The van der Waals surface area contributed by atoms with Crippen LogP contribution in [0.25, 0.3) is 0 Å². The Kier molecular flexibility index (Phi) is 6.33. The van der Waals surface area contributed by atoms with E-state index >= 15 is 0 Å². The highest BCUT2D eigenvalue weighted by atomic mass is 16.6. The van der Waals surface area contributed by atoms with Gasteiger partial charge in [0.25, 0.3) is 11.6 Å². The third-order valence-corrected chi connectivity index (χ3v) is 5.27. The summed E-state index contributed by atoms with van der Waals surface area (Å²) < 4.78 is 10.4. The monoisotopic (exact) mass is 400 g/mol. The summed E-state index contributed by atoms with van der Waals surface area (Å²) in [5.41, 5.74) is 1.33. The van der Waals surface area contributed by atoms with E-state index in [1.807, 2.05) is 31.2 Å². The second-order valence-electron chi connectivity index (χ2n) is 7.23. The summed E-state index contributed by atoms with van der Waals surface area (Å²) in [5.74, 6) is 0.990. The Hall–Kier alpha value is -3.13. The van der Waals surface area contributed by atoms with Crippen molar-refractivity contribution in [2.75, 3.05) is 19.5 Å². The molecule has 2 atom stereocenters. The molecule has 2 N–H and O–H groups in total. The van der Waals surface area contributed by atoms with Gasteiger partial charge >= 0.3 is 0 Å². The normalized spacial score (nSPS) is 15.3. The molecule has 0 heterocycles. The van der Waals surface area contributed by atoms with Gasteiger partial charge in [0.2, 0.25) is 0 Å². The SMILES string of the molecule is COc1ccc(C[NH+](C2CC2)[C@H](C)C(=O)Nc2cc([N+](=O)[O-])ccc2OC)cc1. The zero-order chi connectivity index (χ0) is 21.0. The lowest BCUT2D eigenvalue weighted by atomic mass is 10.1. The molecule has 1 saturated carbocycles. The van der Waals surface area contributed by atoms with Crippen LogP contribution in [0, 0.1) is 10.1 Å². The number of rotatable bonds is 9. The predicted molar refractivity (Wildman–Crippen MR) is 108 cm³/mol. The third kappa shape index (κ3) is 5.03. The number of nitrogens with zero attached hydrogens (tertiary/aromatic N) is 1. The number of hydrogen-bond donors (Lipinski definition) is 2. The molecule has 8 heteroatoms. The molecule has 0 aromatic heterocycles. The first-order chi connectivity index (χ1) is 13.9. The summed E-state index contributed by atoms with van der Waals surface area (Å²) in [4.78, 5) is 24.7. The summed E-state index contributed by atoms with van der Waals surface area (Å²) in [6, 6.07) is 12.1. The number of nitro benzene ring substituents is 1. The van der Waals surface area contributed by atoms with Crippen LogP contribution in [0.4, 0.5) is 11.4 Å². The van der Waals surface area contributed by atoms with Crippen molar-refractivity contribution in [2.24, 2.45) is 0 Å². The molecule has 8 nitrogen and oxygen atoms in total. The number of amides is 1. The predicted octanol–water partition coefficient (Wildman–Crippen LogP) is 2.19. The first-order valence-electron chi connectivity index (χ1n) is 9.54. The molecule has 0 saturated heterocycles. The Balaban J connectivity index is 1.74. The molecule has 2 aromatic carbocycles. The number of hydrogen-bond acceptors (Lipinski definition) is 5. The van der Waals surface area contributed by atoms with Gasteiger partial charge in [0.15, 0.2) is 6.04 Å².